The number of phenols is 2. The van der Waals surface area contributed by atoms with Crippen LogP contribution in [0.15, 0.2) is 42.5 Å². The Hall–Kier alpha value is -3.88. The third kappa shape index (κ3) is 5.34. The molecular weight excluding hydrogens is 388 g/mol. The lowest BCUT2D eigenvalue weighted by atomic mass is 10.1. The van der Waals surface area contributed by atoms with Gasteiger partial charge in [-0.2, -0.15) is 15.0 Å². The first kappa shape index (κ1) is 20.8. The predicted molar refractivity (Wildman–Crippen MR) is 109 cm³/mol. The van der Waals surface area contributed by atoms with Crippen LogP contribution in [-0.2, 0) is 17.7 Å². The van der Waals surface area contributed by atoms with Crippen molar-refractivity contribution in [3.8, 4) is 17.5 Å². The quantitative estimate of drug-likeness (QED) is 0.480. The number of esters is 1. The Morgan fingerprint density at radius 1 is 1.03 bits per heavy atom. The molecule has 2 aromatic carbocycles. The molecule has 0 saturated carbocycles. The Kier molecular flexibility index (Phi) is 6.63. The number of nitrogens with zero attached hydrogens (tertiary/aromatic N) is 3. The molecule has 0 aliphatic rings. The molecule has 0 amide bonds. The fourth-order valence-corrected chi connectivity index (χ4v) is 2.70. The first-order valence-electron chi connectivity index (χ1n) is 9.28. The fraction of sp³-hybridized carbons (Fsp3) is 0.238. The number of ether oxygens (including phenoxy) is 2. The molecule has 0 saturated heterocycles. The van der Waals surface area contributed by atoms with Crippen LogP contribution in [0.4, 0.5) is 5.95 Å². The van der Waals surface area contributed by atoms with Gasteiger partial charge < -0.3 is 25.0 Å². The zero-order chi connectivity index (χ0) is 21.5. The molecule has 0 radical (unpaired) electrons. The summed E-state index contributed by atoms with van der Waals surface area (Å²) in [6.45, 7) is 2.68. The van der Waals surface area contributed by atoms with E-state index in [1.54, 1.807) is 30.3 Å². The number of carbonyl (C=O) groups is 1. The minimum Gasteiger partial charge on any atom is -0.508 e. The fourth-order valence-electron chi connectivity index (χ4n) is 2.70. The van der Waals surface area contributed by atoms with Crippen LogP contribution in [0.1, 0.15) is 34.2 Å². The van der Waals surface area contributed by atoms with Crippen molar-refractivity contribution < 1.29 is 24.5 Å². The molecule has 0 atom stereocenters. The molecule has 9 heteroatoms. The minimum absolute atomic E-state index is 0.0863. The van der Waals surface area contributed by atoms with Gasteiger partial charge in [0, 0.05) is 13.0 Å². The SMILES string of the molecule is CCOc1nc(Cc2ccc(C(=O)OC)c(O)c2)nc(NCc2ccc(O)cc2)n1. The van der Waals surface area contributed by atoms with Gasteiger partial charge in [0.1, 0.15) is 22.9 Å². The van der Waals surface area contributed by atoms with Crippen LogP contribution in [0.5, 0.6) is 17.5 Å². The van der Waals surface area contributed by atoms with Crippen molar-refractivity contribution in [2.45, 2.75) is 19.9 Å². The molecule has 0 spiro atoms. The van der Waals surface area contributed by atoms with E-state index in [4.69, 9.17) is 4.74 Å². The first-order valence-corrected chi connectivity index (χ1v) is 9.28. The molecule has 156 valence electrons. The Bertz CT molecular complexity index is 1020. The average molecular weight is 410 g/mol. The number of anilines is 1. The number of phenolic OH excluding ortho intramolecular Hbond substituents is 2. The van der Waals surface area contributed by atoms with E-state index in [0.29, 0.717) is 36.9 Å². The molecule has 3 N–H and O–H groups in total. The lowest BCUT2D eigenvalue weighted by molar-refractivity contribution is 0.0597. The average Bonchev–Trinajstić information content (AvgIpc) is 2.73. The molecule has 9 nitrogen and oxygen atoms in total. The third-order valence-electron chi connectivity index (χ3n) is 4.15. The monoisotopic (exact) mass is 410 g/mol. The van der Waals surface area contributed by atoms with E-state index in [0.717, 1.165) is 5.56 Å². The topological polar surface area (TPSA) is 127 Å². The zero-order valence-corrected chi connectivity index (χ0v) is 16.6. The predicted octanol–water partition coefficient (Wildman–Crippen LogP) is 2.67. The number of aromatic nitrogens is 3. The maximum absolute atomic E-state index is 11.6. The largest absolute Gasteiger partial charge is 0.508 e. The maximum atomic E-state index is 11.6. The summed E-state index contributed by atoms with van der Waals surface area (Å²) >= 11 is 0. The summed E-state index contributed by atoms with van der Waals surface area (Å²) in [7, 11) is 1.25. The van der Waals surface area contributed by atoms with Gasteiger partial charge >= 0.3 is 12.0 Å². The van der Waals surface area contributed by atoms with Gasteiger partial charge in [-0.05, 0) is 42.3 Å². The molecule has 3 rings (SSSR count). The van der Waals surface area contributed by atoms with Gasteiger partial charge in [-0.15, -0.1) is 0 Å². The highest BCUT2D eigenvalue weighted by atomic mass is 16.5. The van der Waals surface area contributed by atoms with E-state index in [-0.39, 0.29) is 23.1 Å². The highest BCUT2D eigenvalue weighted by Gasteiger charge is 2.14. The Balaban J connectivity index is 1.79. The van der Waals surface area contributed by atoms with Gasteiger partial charge in [-0.1, -0.05) is 18.2 Å². The maximum Gasteiger partial charge on any atom is 0.341 e. The number of methoxy groups -OCH3 is 1. The van der Waals surface area contributed by atoms with Crippen LogP contribution in [0.25, 0.3) is 0 Å². The minimum atomic E-state index is -0.612. The van der Waals surface area contributed by atoms with Crippen molar-refractivity contribution >= 4 is 11.9 Å². The molecule has 0 aliphatic carbocycles. The summed E-state index contributed by atoms with van der Waals surface area (Å²) in [6.07, 6.45) is 0.297. The van der Waals surface area contributed by atoms with E-state index in [2.05, 4.69) is 25.0 Å². The molecule has 0 bridgehead atoms. The van der Waals surface area contributed by atoms with Crippen LogP contribution in [0.3, 0.4) is 0 Å². The smallest absolute Gasteiger partial charge is 0.341 e. The molecule has 1 aromatic heterocycles. The highest BCUT2D eigenvalue weighted by molar-refractivity contribution is 5.92. The van der Waals surface area contributed by atoms with Crippen LogP contribution in [0.2, 0.25) is 0 Å². The van der Waals surface area contributed by atoms with Gasteiger partial charge in [-0.3, -0.25) is 0 Å². The Morgan fingerprint density at radius 2 is 1.77 bits per heavy atom. The number of nitrogens with one attached hydrogen (secondary N) is 1. The van der Waals surface area contributed by atoms with Crippen molar-refractivity contribution in [2.24, 2.45) is 0 Å². The third-order valence-corrected chi connectivity index (χ3v) is 4.15. The number of benzene rings is 2. The lowest BCUT2D eigenvalue weighted by Gasteiger charge is -2.10. The van der Waals surface area contributed by atoms with E-state index in [1.807, 2.05) is 6.92 Å². The van der Waals surface area contributed by atoms with Gasteiger partial charge in [0.15, 0.2) is 0 Å². The van der Waals surface area contributed by atoms with Crippen LogP contribution in [0, 0.1) is 0 Å². The molecule has 0 fully saturated rings. The standard InChI is InChI=1S/C21H22N4O5/c1-3-30-21-24-18(11-14-6-9-16(17(27)10-14)19(28)29-2)23-20(25-21)22-12-13-4-7-15(26)8-5-13/h4-10,26-27H,3,11-12H2,1-2H3,(H,22,23,24,25). The number of rotatable bonds is 8. The Morgan fingerprint density at radius 3 is 2.43 bits per heavy atom. The van der Waals surface area contributed by atoms with Crippen molar-refractivity contribution in [2.75, 3.05) is 19.0 Å². The van der Waals surface area contributed by atoms with E-state index < -0.39 is 5.97 Å². The van der Waals surface area contributed by atoms with Crippen molar-refractivity contribution in [3.63, 3.8) is 0 Å². The van der Waals surface area contributed by atoms with Crippen LogP contribution >= 0.6 is 0 Å². The van der Waals surface area contributed by atoms with Crippen molar-refractivity contribution in [1.29, 1.82) is 0 Å². The van der Waals surface area contributed by atoms with E-state index >= 15 is 0 Å². The van der Waals surface area contributed by atoms with E-state index in [1.165, 1.54) is 19.2 Å². The molecule has 0 unspecified atom stereocenters. The summed E-state index contributed by atoms with van der Waals surface area (Å²) < 4.78 is 10.1. The summed E-state index contributed by atoms with van der Waals surface area (Å²) in [5.74, 6) is 0.183. The Labute approximate surface area is 173 Å². The summed E-state index contributed by atoms with van der Waals surface area (Å²) in [5, 5.41) is 22.6. The van der Waals surface area contributed by atoms with Gasteiger partial charge in [0.05, 0.1) is 13.7 Å². The van der Waals surface area contributed by atoms with Gasteiger partial charge in [0.25, 0.3) is 0 Å². The number of carbonyl (C=O) groups excluding carboxylic acids is 1. The number of aromatic hydroxyl groups is 2. The van der Waals surface area contributed by atoms with E-state index in [9.17, 15) is 15.0 Å². The molecule has 30 heavy (non-hydrogen) atoms. The van der Waals surface area contributed by atoms with Crippen molar-refractivity contribution in [3.05, 3.63) is 65.0 Å². The summed E-state index contributed by atoms with van der Waals surface area (Å²) in [5.41, 5.74) is 1.73. The lowest BCUT2D eigenvalue weighted by Crippen LogP contribution is -2.10. The second-order valence-corrected chi connectivity index (χ2v) is 6.33. The molecular formula is C21H22N4O5. The number of hydrogen-bond acceptors (Lipinski definition) is 9. The zero-order valence-electron chi connectivity index (χ0n) is 16.6. The normalized spacial score (nSPS) is 10.5. The molecule has 3 aromatic rings. The number of hydrogen-bond donors (Lipinski definition) is 3. The summed E-state index contributed by atoms with van der Waals surface area (Å²) in [4.78, 5) is 24.6. The van der Waals surface area contributed by atoms with Crippen LogP contribution in [-0.4, -0.2) is 44.9 Å². The summed E-state index contributed by atoms with van der Waals surface area (Å²) in [6, 6.07) is 11.6. The second-order valence-electron chi connectivity index (χ2n) is 6.33. The van der Waals surface area contributed by atoms with Crippen molar-refractivity contribution in [1.82, 2.24) is 15.0 Å². The highest BCUT2D eigenvalue weighted by Crippen LogP contribution is 2.22. The molecule has 0 aliphatic heterocycles. The van der Waals surface area contributed by atoms with Crippen LogP contribution < -0.4 is 10.1 Å². The second kappa shape index (κ2) is 9.55. The van der Waals surface area contributed by atoms with Gasteiger partial charge in [0.2, 0.25) is 5.95 Å². The van der Waals surface area contributed by atoms with Gasteiger partial charge in [-0.25, -0.2) is 4.79 Å². The first-order chi connectivity index (χ1) is 14.5. The molecule has 1 heterocycles.